The molecule has 1 heterocycles. The number of nitrogens with one attached hydrogen (secondary N) is 1. The highest BCUT2D eigenvalue weighted by atomic mass is 15.1. The second-order valence-corrected chi connectivity index (χ2v) is 6.87. The summed E-state index contributed by atoms with van der Waals surface area (Å²) in [5.74, 6) is 1.50. The van der Waals surface area contributed by atoms with Crippen molar-refractivity contribution < 1.29 is 0 Å². The van der Waals surface area contributed by atoms with Crippen molar-refractivity contribution >= 4 is 11.8 Å². The summed E-state index contributed by atoms with van der Waals surface area (Å²) < 4.78 is 0. The Morgan fingerprint density at radius 3 is 2.42 bits per heavy atom. The highest BCUT2D eigenvalue weighted by Gasteiger charge is 2.29. The van der Waals surface area contributed by atoms with E-state index >= 15 is 0 Å². The minimum Gasteiger partial charge on any atom is -0.368 e. The summed E-state index contributed by atoms with van der Waals surface area (Å²) in [4.78, 5) is 10.8. The van der Waals surface area contributed by atoms with E-state index in [0.29, 0.717) is 24.5 Å². The molecule has 2 aromatic rings. The summed E-state index contributed by atoms with van der Waals surface area (Å²) in [7, 11) is 4.14. The molecule has 0 spiro atoms. The van der Waals surface area contributed by atoms with Gasteiger partial charge in [0.15, 0.2) is 0 Å². The van der Waals surface area contributed by atoms with Gasteiger partial charge in [-0.05, 0) is 38.1 Å². The predicted molar refractivity (Wildman–Crippen MR) is 97.6 cm³/mol. The van der Waals surface area contributed by atoms with Gasteiger partial charge in [0, 0.05) is 31.1 Å². The third kappa shape index (κ3) is 4.21. The molecule has 6 nitrogen and oxygen atoms in total. The van der Waals surface area contributed by atoms with E-state index in [1.54, 1.807) is 0 Å². The Kier molecular flexibility index (Phi) is 4.97. The molecule has 3 rings (SSSR count). The highest BCUT2D eigenvalue weighted by molar-refractivity contribution is 5.42. The van der Waals surface area contributed by atoms with Crippen LogP contribution in [0.15, 0.2) is 30.3 Å². The zero-order chi connectivity index (χ0) is 17.1. The molecule has 0 bridgehead atoms. The second kappa shape index (κ2) is 7.15. The number of anilines is 2. The minimum atomic E-state index is 0.295. The van der Waals surface area contributed by atoms with Crippen molar-refractivity contribution in [3.05, 3.63) is 47.2 Å². The lowest BCUT2D eigenvalue weighted by atomic mass is 9.78. The predicted octanol–water partition coefficient (Wildman–Crippen LogP) is 1.94. The van der Waals surface area contributed by atoms with Gasteiger partial charge in [0.05, 0.1) is 5.69 Å². The molecule has 6 heteroatoms. The molecule has 5 N–H and O–H groups in total. The topological polar surface area (TPSA) is 93.1 Å². The maximum absolute atomic E-state index is 5.87. The Bertz CT molecular complexity index is 676. The van der Waals surface area contributed by atoms with Gasteiger partial charge in [0.25, 0.3) is 0 Å². The van der Waals surface area contributed by atoms with Crippen LogP contribution >= 0.6 is 0 Å². The number of rotatable bonds is 6. The molecule has 0 radical (unpaired) electrons. The largest absolute Gasteiger partial charge is 0.368 e. The molecule has 0 unspecified atom stereocenters. The van der Waals surface area contributed by atoms with Crippen LogP contribution in [-0.4, -0.2) is 35.0 Å². The molecular weight excluding hydrogens is 300 g/mol. The molecule has 128 valence electrons. The van der Waals surface area contributed by atoms with E-state index in [4.69, 9.17) is 11.5 Å². The second-order valence-electron chi connectivity index (χ2n) is 6.87. The van der Waals surface area contributed by atoms with Gasteiger partial charge in [-0.1, -0.05) is 24.3 Å². The maximum Gasteiger partial charge on any atom is 0.222 e. The van der Waals surface area contributed by atoms with Crippen LogP contribution < -0.4 is 16.8 Å². The molecule has 1 fully saturated rings. The summed E-state index contributed by atoms with van der Waals surface area (Å²) in [5.41, 5.74) is 15.2. The Labute approximate surface area is 143 Å². The van der Waals surface area contributed by atoms with E-state index in [1.807, 2.05) is 6.07 Å². The molecule has 1 aliphatic carbocycles. The van der Waals surface area contributed by atoms with Crippen molar-refractivity contribution in [2.24, 2.45) is 5.73 Å². The lowest BCUT2D eigenvalue weighted by molar-refractivity contribution is 0.345. The van der Waals surface area contributed by atoms with Crippen LogP contribution in [0.5, 0.6) is 0 Å². The molecule has 1 aliphatic rings. The van der Waals surface area contributed by atoms with Crippen LogP contribution in [-0.2, 0) is 13.1 Å². The van der Waals surface area contributed by atoms with Crippen molar-refractivity contribution in [1.82, 2.24) is 14.9 Å². The fraction of sp³-hybridized carbons (Fsp3) is 0.444. The van der Waals surface area contributed by atoms with Crippen LogP contribution in [0.1, 0.15) is 35.6 Å². The number of nitrogens with two attached hydrogens (primary N) is 2. The Balaban J connectivity index is 1.61. The summed E-state index contributed by atoms with van der Waals surface area (Å²) in [5, 5.41) is 3.34. The van der Waals surface area contributed by atoms with Crippen molar-refractivity contribution in [3.8, 4) is 0 Å². The molecule has 24 heavy (non-hydrogen) atoms. The molecule has 1 saturated carbocycles. The van der Waals surface area contributed by atoms with Crippen molar-refractivity contribution in [1.29, 1.82) is 0 Å². The van der Waals surface area contributed by atoms with E-state index in [1.165, 1.54) is 11.1 Å². The van der Waals surface area contributed by atoms with E-state index in [2.05, 4.69) is 58.5 Å². The van der Waals surface area contributed by atoms with E-state index < -0.39 is 0 Å². The van der Waals surface area contributed by atoms with E-state index in [0.717, 1.165) is 30.9 Å². The standard InChI is InChI=1S/C18H26N6/c1-24(2)11-13-5-3-12(4-6-13)10-21-17-9-16(22-18(20)23-17)14-7-15(19)8-14/h3-6,9,14-15H,7-8,10-11,19H2,1-2H3,(H3,20,21,22,23). The number of hydrogen-bond donors (Lipinski definition) is 3. The van der Waals surface area contributed by atoms with Gasteiger partial charge in [0.1, 0.15) is 5.82 Å². The lowest BCUT2D eigenvalue weighted by Gasteiger charge is -2.32. The number of nitrogens with zero attached hydrogens (tertiary/aromatic N) is 3. The number of aromatic nitrogens is 2. The Morgan fingerprint density at radius 2 is 1.79 bits per heavy atom. The maximum atomic E-state index is 5.87. The van der Waals surface area contributed by atoms with Crippen LogP contribution in [0.2, 0.25) is 0 Å². The number of hydrogen-bond acceptors (Lipinski definition) is 6. The first-order valence-corrected chi connectivity index (χ1v) is 8.36. The van der Waals surface area contributed by atoms with Gasteiger partial charge in [-0.3, -0.25) is 0 Å². The van der Waals surface area contributed by atoms with Gasteiger partial charge in [-0.25, -0.2) is 4.98 Å². The molecule has 0 amide bonds. The average Bonchev–Trinajstić information content (AvgIpc) is 2.50. The SMILES string of the molecule is CN(C)Cc1ccc(CNc2cc(C3CC(N)C3)nc(N)n2)cc1. The smallest absolute Gasteiger partial charge is 0.222 e. The van der Waals surface area contributed by atoms with Gasteiger partial charge in [-0.15, -0.1) is 0 Å². The van der Waals surface area contributed by atoms with Crippen LogP contribution in [0.25, 0.3) is 0 Å². The summed E-state index contributed by atoms with van der Waals surface area (Å²) in [6.45, 7) is 1.66. The minimum absolute atomic E-state index is 0.295. The third-order valence-electron chi connectivity index (χ3n) is 4.35. The highest BCUT2D eigenvalue weighted by Crippen LogP contribution is 2.35. The first-order chi connectivity index (χ1) is 11.5. The van der Waals surface area contributed by atoms with Gasteiger partial charge >= 0.3 is 0 Å². The van der Waals surface area contributed by atoms with Gasteiger partial charge in [0.2, 0.25) is 5.95 Å². The molecule has 1 aromatic heterocycles. The van der Waals surface area contributed by atoms with Crippen molar-refractivity contribution in [2.75, 3.05) is 25.1 Å². The average molecular weight is 326 g/mol. The monoisotopic (exact) mass is 326 g/mol. The van der Waals surface area contributed by atoms with Gasteiger partial charge in [-0.2, -0.15) is 4.98 Å². The van der Waals surface area contributed by atoms with Crippen LogP contribution in [0.4, 0.5) is 11.8 Å². The normalized spacial score (nSPS) is 20.0. The Morgan fingerprint density at radius 1 is 1.12 bits per heavy atom. The quantitative estimate of drug-likeness (QED) is 0.751. The zero-order valence-electron chi connectivity index (χ0n) is 14.4. The first kappa shape index (κ1) is 16.7. The van der Waals surface area contributed by atoms with Crippen molar-refractivity contribution in [3.63, 3.8) is 0 Å². The molecular formula is C18H26N6. The zero-order valence-corrected chi connectivity index (χ0v) is 14.4. The first-order valence-electron chi connectivity index (χ1n) is 8.36. The molecule has 0 atom stereocenters. The van der Waals surface area contributed by atoms with E-state index in [-0.39, 0.29) is 0 Å². The van der Waals surface area contributed by atoms with Gasteiger partial charge < -0.3 is 21.7 Å². The fourth-order valence-electron chi connectivity index (χ4n) is 3.01. The summed E-state index contributed by atoms with van der Waals surface area (Å²) in [6, 6.07) is 10.9. The lowest BCUT2D eigenvalue weighted by Crippen LogP contribution is -2.35. The number of nitrogen functional groups attached to an aromatic ring is 1. The van der Waals surface area contributed by atoms with Crippen molar-refractivity contribution in [2.45, 2.75) is 37.9 Å². The van der Waals surface area contributed by atoms with Crippen LogP contribution in [0, 0.1) is 0 Å². The van der Waals surface area contributed by atoms with Crippen LogP contribution in [0.3, 0.4) is 0 Å². The summed E-state index contributed by atoms with van der Waals surface area (Å²) >= 11 is 0. The third-order valence-corrected chi connectivity index (χ3v) is 4.35. The fourth-order valence-corrected chi connectivity index (χ4v) is 3.01. The molecule has 0 saturated heterocycles. The number of benzene rings is 1. The summed E-state index contributed by atoms with van der Waals surface area (Å²) in [6.07, 6.45) is 1.95. The Hall–Kier alpha value is -2.18. The molecule has 1 aromatic carbocycles. The molecule has 0 aliphatic heterocycles. The van der Waals surface area contributed by atoms with E-state index in [9.17, 15) is 0 Å².